The first-order chi connectivity index (χ1) is 11.9. The third-order valence-corrected chi connectivity index (χ3v) is 6.00. The normalized spacial score (nSPS) is 16.6. The summed E-state index contributed by atoms with van der Waals surface area (Å²) in [6.07, 6.45) is 0.304. The number of aliphatic hydroxyl groups is 1. The first-order valence-electron chi connectivity index (χ1n) is 8.02. The molecule has 2 aromatic rings. The van der Waals surface area contributed by atoms with Crippen LogP contribution in [0.1, 0.15) is 11.1 Å². The zero-order chi connectivity index (χ0) is 18.0. The van der Waals surface area contributed by atoms with Gasteiger partial charge < -0.3 is 10.4 Å². The van der Waals surface area contributed by atoms with Crippen molar-refractivity contribution < 1.29 is 18.3 Å². The first-order valence-corrected chi connectivity index (χ1v) is 9.47. The second-order valence-corrected chi connectivity index (χ2v) is 7.80. The number of amides is 1. The van der Waals surface area contributed by atoms with E-state index in [4.69, 9.17) is 5.11 Å². The summed E-state index contributed by atoms with van der Waals surface area (Å²) >= 11 is 0. The molecule has 0 saturated heterocycles. The molecule has 6 nitrogen and oxygen atoms in total. The Morgan fingerprint density at radius 2 is 2.00 bits per heavy atom. The van der Waals surface area contributed by atoms with Crippen LogP contribution in [0.4, 0.5) is 5.69 Å². The lowest BCUT2D eigenvalue weighted by Gasteiger charge is -2.26. The lowest BCUT2D eigenvalue weighted by atomic mass is 10.1. The van der Waals surface area contributed by atoms with Gasteiger partial charge >= 0.3 is 0 Å². The number of aliphatic hydroxyl groups excluding tert-OH is 1. The Labute approximate surface area is 147 Å². The summed E-state index contributed by atoms with van der Waals surface area (Å²) in [5.41, 5.74) is 2.16. The van der Waals surface area contributed by atoms with Crippen molar-refractivity contribution in [2.24, 2.45) is 0 Å². The molecule has 1 heterocycles. The molecule has 1 unspecified atom stereocenters. The van der Waals surface area contributed by atoms with Gasteiger partial charge in [0.1, 0.15) is 6.04 Å². The SMILES string of the molecule is Cc1cccc(S(=O)(=O)N2c3ccccc3CC2C(=O)NCCO)c1. The van der Waals surface area contributed by atoms with Gasteiger partial charge in [-0.3, -0.25) is 9.10 Å². The molecule has 132 valence electrons. The summed E-state index contributed by atoms with van der Waals surface area (Å²) in [6, 6.07) is 12.9. The maximum absolute atomic E-state index is 13.2. The number of para-hydroxylation sites is 1. The number of carbonyl (C=O) groups is 1. The quantitative estimate of drug-likeness (QED) is 0.839. The molecular formula is C18H20N2O4S. The van der Waals surface area contributed by atoms with E-state index in [1.54, 1.807) is 24.3 Å². The summed E-state index contributed by atoms with van der Waals surface area (Å²) in [7, 11) is -3.88. The molecule has 1 aliphatic heterocycles. The summed E-state index contributed by atoms with van der Waals surface area (Å²) in [6.45, 7) is 1.71. The molecule has 0 bridgehead atoms. The van der Waals surface area contributed by atoms with Gasteiger partial charge in [-0.2, -0.15) is 0 Å². The van der Waals surface area contributed by atoms with Crippen molar-refractivity contribution in [2.45, 2.75) is 24.3 Å². The van der Waals surface area contributed by atoms with Crippen LogP contribution in [0, 0.1) is 6.92 Å². The minimum absolute atomic E-state index is 0.0873. The third kappa shape index (κ3) is 3.25. The van der Waals surface area contributed by atoms with Crippen LogP contribution in [0.3, 0.4) is 0 Å². The number of benzene rings is 2. The number of anilines is 1. The number of carbonyl (C=O) groups excluding carboxylic acids is 1. The van der Waals surface area contributed by atoms with Gasteiger partial charge in [0, 0.05) is 13.0 Å². The number of sulfonamides is 1. The van der Waals surface area contributed by atoms with Crippen molar-refractivity contribution in [3.05, 3.63) is 59.7 Å². The van der Waals surface area contributed by atoms with E-state index in [0.29, 0.717) is 12.1 Å². The molecule has 0 saturated carbocycles. The van der Waals surface area contributed by atoms with Gasteiger partial charge in [0.05, 0.1) is 17.2 Å². The summed E-state index contributed by atoms with van der Waals surface area (Å²) in [4.78, 5) is 12.7. The molecule has 0 fully saturated rings. The van der Waals surface area contributed by atoms with Crippen LogP contribution in [-0.2, 0) is 21.2 Å². The highest BCUT2D eigenvalue weighted by molar-refractivity contribution is 7.93. The molecule has 0 spiro atoms. The van der Waals surface area contributed by atoms with Crippen LogP contribution in [0.2, 0.25) is 0 Å². The number of rotatable bonds is 5. The van der Waals surface area contributed by atoms with Crippen molar-refractivity contribution >= 4 is 21.6 Å². The van der Waals surface area contributed by atoms with E-state index in [0.717, 1.165) is 11.1 Å². The lowest BCUT2D eigenvalue weighted by molar-refractivity contribution is -0.122. The predicted octanol–water partition coefficient (Wildman–Crippen LogP) is 1.22. The maximum atomic E-state index is 13.2. The second-order valence-electron chi connectivity index (χ2n) is 5.98. The molecule has 1 atom stereocenters. The van der Waals surface area contributed by atoms with E-state index >= 15 is 0 Å². The monoisotopic (exact) mass is 360 g/mol. The topological polar surface area (TPSA) is 86.7 Å². The van der Waals surface area contributed by atoms with E-state index in [-0.39, 0.29) is 18.0 Å². The molecule has 7 heteroatoms. The van der Waals surface area contributed by atoms with Gasteiger partial charge in [-0.05, 0) is 36.2 Å². The number of nitrogens with one attached hydrogen (secondary N) is 1. The van der Waals surface area contributed by atoms with Gasteiger partial charge in [-0.1, -0.05) is 30.3 Å². The summed E-state index contributed by atoms with van der Waals surface area (Å²) < 4.78 is 27.7. The van der Waals surface area contributed by atoms with E-state index in [2.05, 4.69) is 5.32 Å². The minimum atomic E-state index is -3.88. The molecule has 1 amide bonds. The van der Waals surface area contributed by atoms with E-state index < -0.39 is 22.0 Å². The predicted molar refractivity (Wildman–Crippen MR) is 94.9 cm³/mol. The van der Waals surface area contributed by atoms with Crippen molar-refractivity contribution in [1.29, 1.82) is 0 Å². The molecule has 3 rings (SSSR count). The maximum Gasteiger partial charge on any atom is 0.265 e. The van der Waals surface area contributed by atoms with E-state index in [1.165, 1.54) is 10.4 Å². The van der Waals surface area contributed by atoms with Crippen molar-refractivity contribution in [1.82, 2.24) is 5.32 Å². The Balaban J connectivity index is 2.06. The van der Waals surface area contributed by atoms with Crippen LogP contribution in [0.5, 0.6) is 0 Å². The van der Waals surface area contributed by atoms with Crippen LogP contribution in [-0.4, -0.2) is 38.6 Å². The molecule has 2 N–H and O–H groups in total. The average Bonchev–Trinajstić information content (AvgIpc) is 3.00. The smallest absolute Gasteiger partial charge is 0.265 e. The standard InChI is InChI=1S/C18H20N2O4S/c1-13-5-4-7-15(11-13)25(23,24)20-16-8-3-2-6-14(16)12-17(20)18(22)19-9-10-21/h2-8,11,17,21H,9-10,12H2,1H3,(H,19,22). The number of fused-ring (bicyclic) bond motifs is 1. The van der Waals surface area contributed by atoms with Crippen molar-refractivity contribution in [2.75, 3.05) is 17.5 Å². The van der Waals surface area contributed by atoms with E-state index in [1.807, 2.05) is 25.1 Å². The van der Waals surface area contributed by atoms with Gasteiger partial charge in [0.2, 0.25) is 5.91 Å². The summed E-state index contributed by atoms with van der Waals surface area (Å²) in [5, 5.41) is 11.5. The third-order valence-electron chi connectivity index (χ3n) is 4.19. The van der Waals surface area contributed by atoms with Gasteiger partial charge in [-0.25, -0.2) is 8.42 Å². The van der Waals surface area contributed by atoms with Gasteiger partial charge in [-0.15, -0.1) is 0 Å². The second kappa shape index (κ2) is 6.85. The minimum Gasteiger partial charge on any atom is -0.395 e. The molecular weight excluding hydrogens is 340 g/mol. The largest absolute Gasteiger partial charge is 0.395 e. The Bertz CT molecular complexity index is 895. The molecule has 0 radical (unpaired) electrons. The van der Waals surface area contributed by atoms with Crippen LogP contribution in [0.15, 0.2) is 53.4 Å². The molecule has 0 aliphatic carbocycles. The Kier molecular flexibility index (Phi) is 4.78. The summed E-state index contributed by atoms with van der Waals surface area (Å²) in [5.74, 6) is -0.415. The van der Waals surface area contributed by atoms with E-state index in [9.17, 15) is 13.2 Å². The number of hydrogen-bond donors (Lipinski definition) is 2. The number of aryl methyl sites for hydroxylation is 1. The Morgan fingerprint density at radius 1 is 1.24 bits per heavy atom. The van der Waals surface area contributed by atoms with Gasteiger partial charge in [0.15, 0.2) is 0 Å². The zero-order valence-electron chi connectivity index (χ0n) is 13.8. The molecule has 25 heavy (non-hydrogen) atoms. The Morgan fingerprint density at radius 3 is 2.72 bits per heavy atom. The van der Waals surface area contributed by atoms with Crippen LogP contribution >= 0.6 is 0 Å². The van der Waals surface area contributed by atoms with Gasteiger partial charge in [0.25, 0.3) is 10.0 Å². The van der Waals surface area contributed by atoms with Crippen LogP contribution in [0.25, 0.3) is 0 Å². The highest BCUT2D eigenvalue weighted by atomic mass is 32.2. The zero-order valence-corrected chi connectivity index (χ0v) is 14.7. The Hall–Kier alpha value is -2.38. The van der Waals surface area contributed by atoms with Crippen molar-refractivity contribution in [3.8, 4) is 0 Å². The highest BCUT2D eigenvalue weighted by Crippen LogP contribution is 2.36. The first kappa shape index (κ1) is 17.4. The fourth-order valence-corrected chi connectivity index (χ4v) is 4.79. The number of hydrogen-bond acceptors (Lipinski definition) is 4. The fraction of sp³-hybridized carbons (Fsp3) is 0.278. The van der Waals surface area contributed by atoms with Crippen LogP contribution < -0.4 is 9.62 Å². The van der Waals surface area contributed by atoms with Crippen molar-refractivity contribution in [3.63, 3.8) is 0 Å². The highest BCUT2D eigenvalue weighted by Gasteiger charge is 2.42. The fourth-order valence-electron chi connectivity index (χ4n) is 3.04. The number of nitrogens with zero attached hydrogens (tertiary/aromatic N) is 1. The molecule has 0 aromatic heterocycles. The molecule has 1 aliphatic rings. The lowest BCUT2D eigenvalue weighted by Crippen LogP contribution is -2.48. The average molecular weight is 360 g/mol. The molecule has 2 aromatic carbocycles.